The number of nitrogens with zero attached hydrogens (tertiary/aromatic N) is 2. The van der Waals surface area contributed by atoms with Crippen LogP contribution in [0.5, 0.6) is 0 Å². The quantitative estimate of drug-likeness (QED) is 0.901. The van der Waals surface area contributed by atoms with Crippen LogP contribution in [-0.2, 0) is 18.8 Å². The number of thiophene rings is 1. The van der Waals surface area contributed by atoms with E-state index in [9.17, 15) is 23.1 Å². The van der Waals surface area contributed by atoms with E-state index in [1.165, 1.54) is 17.8 Å². The molecule has 1 atom stereocenters. The van der Waals surface area contributed by atoms with Crippen LogP contribution in [-0.4, -0.2) is 27.3 Å². The van der Waals surface area contributed by atoms with Gasteiger partial charge in [-0.1, -0.05) is 0 Å². The van der Waals surface area contributed by atoms with Gasteiger partial charge in [-0.05, 0) is 6.92 Å². The van der Waals surface area contributed by atoms with Gasteiger partial charge in [0.25, 0.3) is 5.91 Å². The number of carbonyl (C=O) groups excluding carboxylic acids is 1. The van der Waals surface area contributed by atoms with Crippen molar-refractivity contribution in [2.45, 2.75) is 18.7 Å². The molecule has 0 aromatic carbocycles. The zero-order valence-electron chi connectivity index (χ0n) is 11.8. The molecule has 1 amide bonds. The van der Waals surface area contributed by atoms with Gasteiger partial charge in [0.1, 0.15) is 5.60 Å². The molecule has 1 unspecified atom stereocenters. The lowest BCUT2D eigenvalue weighted by atomic mass is 9.99. The van der Waals surface area contributed by atoms with Crippen molar-refractivity contribution in [2.24, 2.45) is 7.05 Å². The lowest BCUT2D eigenvalue weighted by Gasteiger charge is -2.22. The van der Waals surface area contributed by atoms with E-state index in [0.29, 0.717) is 5.56 Å². The summed E-state index contributed by atoms with van der Waals surface area (Å²) in [6.07, 6.45) is -1.59. The first-order valence-electron chi connectivity index (χ1n) is 6.24. The minimum absolute atomic E-state index is 0.231. The molecule has 9 heteroatoms. The average Bonchev–Trinajstić information content (AvgIpc) is 3.03. The third-order valence-electron chi connectivity index (χ3n) is 3.13. The summed E-state index contributed by atoms with van der Waals surface area (Å²) in [5.41, 5.74) is -2.40. The van der Waals surface area contributed by atoms with Gasteiger partial charge in [-0.15, -0.1) is 0 Å². The number of carbonyl (C=O) groups is 1. The number of nitrogens with one attached hydrogen (secondary N) is 1. The van der Waals surface area contributed by atoms with Crippen molar-refractivity contribution in [3.8, 4) is 0 Å². The summed E-state index contributed by atoms with van der Waals surface area (Å²) in [5.74, 6) is -0.877. The number of halogens is 3. The number of amides is 1. The van der Waals surface area contributed by atoms with E-state index in [-0.39, 0.29) is 6.54 Å². The molecule has 2 rings (SSSR count). The first kappa shape index (κ1) is 16.5. The van der Waals surface area contributed by atoms with Gasteiger partial charge in [0.05, 0.1) is 23.9 Å². The SMILES string of the molecule is Cn1cc(C(C)(O)CNC(=O)c2cscc2C(F)(F)F)cn1. The Bertz CT molecular complexity index is 676. The molecule has 0 aliphatic rings. The van der Waals surface area contributed by atoms with Crippen LogP contribution in [0.3, 0.4) is 0 Å². The maximum atomic E-state index is 12.8. The molecular weight excluding hydrogens is 319 g/mol. The predicted molar refractivity (Wildman–Crippen MR) is 74.4 cm³/mol. The minimum Gasteiger partial charge on any atom is -0.383 e. The van der Waals surface area contributed by atoms with Crippen LogP contribution in [0.25, 0.3) is 0 Å². The number of aromatic nitrogens is 2. The summed E-state index contributed by atoms with van der Waals surface area (Å²) in [6, 6.07) is 0. The molecule has 0 saturated carbocycles. The number of hydrogen-bond acceptors (Lipinski definition) is 4. The lowest BCUT2D eigenvalue weighted by Crippen LogP contribution is -2.38. The second kappa shape index (κ2) is 5.73. The summed E-state index contributed by atoms with van der Waals surface area (Å²) in [6.45, 7) is 1.22. The molecule has 2 heterocycles. The van der Waals surface area contributed by atoms with E-state index >= 15 is 0 Å². The van der Waals surface area contributed by atoms with Gasteiger partial charge in [-0.25, -0.2) is 0 Å². The topological polar surface area (TPSA) is 67.2 Å². The molecule has 0 saturated heterocycles. The zero-order valence-corrected chi connectivity index (χ0v) is 12.6. The summed E-state index contributed by atoms with van der Waals surface area (Å²) in [7, 11) is 1.67. The molecule has 2 aromatic heterocycles. The highest BCUT2D eigenvalue weighted by Crippen LogP contribution is 2.34. The number of aliphatic hydroxyl groups is 1. The highest BCUT2D eigenvalue weighted by Gasteiger charge is 2.36. The van der Waals surface area contributed by atoms with E-state index in [1.807, 2.05) is 0 Å². The molecule has 2 N–H and O–H groups in total. The molecule has 0 aliphatic carbocycles. The van der Waals surface area contributed by atoms with Gasteiger partial charge >= 0.3 is 6.18 Å². The zero-order chi connectivity index (χ0) is 16.5. The third kappa shape index (κ3) is 3.47. The molecule has 5 nitrogen and oxygen atoms in total. The summed E-state index contributed by atoms with van der Waals surface area (Å²) < 4.78 is 39.7. The summed E-state index contributed by atoms with van der Waals surface area (Å²) >= 11 is 0.798. The van der Waals surface area contributed by atoms with Gasteiger partial charge in [-0.2, -0.15) is 29.6 Å². The smallest absolute Gasteiger partial charge is 0.383 e. The molecule has 0 spiro atoms. The van der Waals surface area contributed by atoms with Crippen molar-refractivity contribution in [2.75, 3.05) is 6.54 Å². The number of hydrogen-bond donors (Lipinski definition) is 2. The fourth-order valence-corrected chi connectivity index (χ4v) is 2.68. The Morgan fingerprint density at radius 2 is 2.14 bits per heavy atom. The van der Waals surface area contributed by atoms with E-state index in [0.717, 1.165) is 22.1 Å². The first-order valence-corrected chi connectivity index (χ1v) is 7.18. The van der Waals surface area contributed by atoms with Gasteiger partial charge in [0.15, 0.2) is 0 Å². The third-order valence-corrected chi connectivity index (χ3v) is 3.88. The van der Waals surface area contributed by atoms with Crippen LogP contribution >= 0.6 is 11.3 Å². The largest absolute Gasteiger partial charge is 0.417 e. The second-order valence-electron chi connectivity index (χ2n) is 5.06. The number of alkyl halides is 3. The minimum atomic E-state index is -4.58. The van der Waals surface area contributed by atoms with Crippen molar-refractivity contribution in [1.29, 1.82) is 0 Å². The Hall–Kier alpha value is -1.87. The fraction of sp³-hybridized carbons (Fsp3) is 0.385. The predicted octanol–water partition coefficient (Wildman–Crippen LogP) is 2.14. The van der Waals surface area contributed by atoms with E-state index in [2.05, 4.69) is 10.4 Å². The van der Waals surface area contributed by atoms with Crippen molar-refractivity contribution >= 4 is 17.2 Å². The lowest BCUT2D eigenvalue weighted by molar-refractivity contribution is -0.137. The monoisotopic (exact) mass is 333 g/mol. The summed E-state index contributed by atoms with van der Waals surface area (Å²) in [4.78, 5) is 11.9. The maximum absolute atomic E-state index is 12.8. The first-order chi connectivity index (χ1) is 10.1. The van der Waals surface area contributed by atoms with E-state index in [1.54, 1.807) is 13.2 Å². The molecule has 2 aromatic rings. The molecular formula is C13H14F3N3O2S. The maximum Gasteiger partial charge on any atom is 0.417 e. The molecule has 22 heavy (non-hydrogen) atoms. The molecule has 0 fully saturated rings. The Labute approximate surface area is 128 Å². The Morgan fingerprint density at radius 3 is 2.68 bits per heavy atom. The number of rotatable bonds is 4. The van der Waals surface area contributed by atoms with Crippen LogP contribution in [0.1, 0.15) is 28.4 Å². The summed E-state index contributed by atoms with van der Waals surface area (Å²) in [5, 5.41) is 18.5. The van der Waals surface area contributed by atoms with Crippen molar-refractivity contribution < 1.29 is 23.1 Å². The van der Waals surface area contributed by atoms with E-state index < -0.39 is 28.8 Å². The van der Waals surface area contributed by atoms with Crippen molar-refractivity contribution in [3.05, 3.63) is 39.8 Å². The Morgan fingerprint density at radius 1 is 1.45 bits per heavy atom. The average molecular weight is 333 g/mol. The van der Waals surface area contributed by atoms with Crippen LogP contribution < -0.4 is 5.32 Å². The Balaban J connectivity index is 2.09. The van der Waals surface area contributed by atoms with Crippen molar-refractivity contribution in [1.82, 2.24) is 15.1 Å². The van der Waals surface area contributed by atoms with E-state index in [4.69, 9.17) is 0 Å². The molecule has 0 bridgehead atoms. The van der Waals surface area contributed by atoms with Crippen LogP contribution in [0.4, 0.5) is 13.2 Å². The number of aryl methyl sites for hydroxylation is 1. The van der Waals surface area contributed by atoms with Crippen LogP contribution in [0, 0.1) is 0 Å². The highest BCUT2D eigenvalue weighted by atomic mass is 32.1. The molecule has 0 aliphatic heterocycles. The van der Waals surface area contributed by atoms with Gasteiger partial charge in [-0.3, -0.25) is 9.48 Å². The fourth-order valence-electron chi connectivity index (χ4n) is 1.84. The Kier molecular flexibility index (Phi) is 4.30. The highest BCUT2D eigenvalue weighted by molar-refractivity contribution is 7.08. The van der Waals surface area contributed by atoms with Gasteiger partial charge in [0.2, 0.25) is 0 Å². The second-order valence-corrected chi connectivity index (χ2v) is 5.80. The standard InChI is InChI=1S/C13H14F3N3O2S/c1-12(21,8-3-18-19(2)4-8)7-17-11(20)9-5-22-6-10(9)13(14,15)16/h3-6,21H,7H2,1-2H3,(H,17,20). The van der Waals surface area contributed by atoms with Crippen LogP contribution in [0.2, 0.25) is 0 Å². The molecule has 0 radical (unpaired) electrons. The van der Waals surface area contributed by atoms with Crippen molar-refractivity contribution in [3.63, 3.8) is 0 Å². The normalized spacial score (nSPS) is 14.6. The van der Waals surface area contributed by atoms with Crippen LogP contribution in [0.15, 0.2) is 23.2 Å². The van der Waals surface area contributed by atoms with Gasteiger partial charge in [0, 0.05) is 29.6 Å². The van der Waals surface area contributed by atoms with Gasteiger partial charge < -0.3 is 10.4 Å². The molecule has 120 valence electrons.